The van der Waals surface area contributed by atoms with Crippen molar-refractivity contribution in [1.82, 2.24) is 15.2 Å². The molecule has 2 N–H and O–H groups in total. The molecule has 9 nitrogen and oxygen atoms in total. The highest BCUT2D eigenvalue weighted by Crippen LogP contribution is 2.35. The van der Waals surface area contributed by atoms with Crippen molar-refractivity contribution >= 4 is 51.6 Å². The van der Waals surface area contributed by atoms with Crippen LogP contribution in [-0.2, 0) is 9.53 Å². The molecule has 5 aromatic rings. The van der Waals surface area contributed by atoms with Crippen LogP contribution in [0, 0.1) is 6.92 Å². The average molecular weight is 610 g/mol. The van der Waals surface area contributed by atoms with Gasteiger partial charge >= 0.3 is 5.97 Å². The van der Waals surface area contributed by atoms with Crippen molar-refractivity contribution < 1.29 is 19.1 Å². The van der Waals surface area contributed by atoms with Gasteiger partial charge in [0.15, 0.2) is 0 Å². The quantitative estimate of drug-likeness (QED) is 0.132. The lowest BCUT2D eigenvalue weighted by Gasteiger charge is -2.10. The van der Waals surface area contributed by atoms with Crippen LogP contribution < -0.4 is 10.6 Å². The normalized spacial score (nSPS) is 10.7. The Balaban J connectivity index is 1.37. The molecular formula is C32H27N5O4S2. The van der Waals surface area contributed by atoms with E-state index in [4.69, 9.17) is 9.72 Å². The second kappa shape index (κ2) is 13.9. The van der Waals surface area contributed by atoms with Crippen molar-refractivity contribution in [3.05, 3.63) is 107 Å². The molecular weight excluding hydrogens is 583 g/mol. The fraction of sp³-hybridized carbons (Fsp3) is 0.125. The number of thioether (sulfide) groups is 1. The van der Waals surface area contributed by atoms with Gasteiger partial charge in [0.05, 0.1) is 17.9 Å². The largest absolute Gasteiger partial charge is 0.462 e. The summed E-state index contributed by atoms with van der Waals surface area (Å²) in [6.45, 7) is 3.55. The number of carbonyl (C=O) groups is 3. The third-order valence-electron chi connectivity index (χ3n) is 6.21. The number of nitrogens with one attached hydrogen (secondary N) is 2. The van der Waals surface area contributed by atoms with Gasteiger partial charge in [0.1, 0.15) is 21.3 Å². The number of nitrogens with zero attached hydrogens (tertiary/aromatic N) is 3. The van der Waals surface area contributed by atoms with Crippen LogP contribution in [0.4, 0.5) is 10.7 Å². The van der Waals surface area contributed by atoms with E-state index in [2.05, 4.69) is 20.8 Å². The van der Waals surface area contributed by atoms with Gasteiger partial charge in [-0.1, -0.05) is 90.6 Å². The Kier molecular flexibility index (Phi) is 9.55. The second-order valence-electron chi connectivity index (χ2n) is 9.16. The molecule has 0 bridgehead atoms. The third kappa shape index (κ3) is 7.14. The van der Waals surface area contributed by atoms with Crippen LogP contribution in [0.3, 0.4) is 0 Å². The first-order valence-corrected chi connectivity index (χ1v) is 15.2. The highest BCUT2D eigenvalue weighted by atomic mass is 32.2. The molecule has 2 heterocycles. The monoisotopic (exact) mass is 609 g/mol. The summed E-state index contributed by atoms with van der Waals surface area (Å²) >= 11 is 2.12. The summed E-state index contributed by atoms with van der Waals surface area (Å²) < 4.78 is 5.17. The van der Waals surface area contributed by atoms with E-state index in [1.807, 2.05) is 66.7 Å². The van der Waals surface area contributed by atoms with Gasteiger partial charge in [-0.25, -0.2) is 9.78 Å². The summed E-state index contributed by atoms with van der Waals surface area (Å²) in [4.78, 5) is 44.0. The number of hydrogen-bond donors (Lipinski definition) is 2. The maximum Gasteiger partial charge on any atom is 0.348 e. The number of esters is 1. The molecule has 0 atom stereocenters. The lowest BCUT2D eigenvalue weighted by molar-refractivity contribution is -0.113. The van der Waals surface area contributed by atoms with E-state index < -0.39 is 17.8 Å². The molecule has 0 saturated carbocycles. The topological polar surface area (TPSA) is 123 Å². The average Bonchev–Trinajstić information content (AvgIpc) is 3.36. The van der Waals surface area contributed by atoms with Gasteiger partial charge in [0.25, 0.3) is 5.91 Å². The lowest BCUT2D eigenvalue weighted by Crippen LogP contribution is -2.19. The van der Waals surface area contributed by atoms with Crippen molar-refractivity contribution in [3.63, 3.8) is 0 Å². The van der Waals surface area contributed by atoms with E-state index in [9.17, 15) is 14.4 Å². The molecule has 216 valence electrons. The van der Waals surface area contributed by atoms with E-state index >= 15 is 0 Å². The van der Waals surface area contributed by atoms with Crippen molar-refractivity contribution in [2.24, 2.45) is 0 Å². The molecule has 0 aliphatic heterocycles. The zero-order chi connectivity index (χ0) is 30.2. The first-order valence-electron chi connectivity index (χ1n) is 13.4. The summed E-state index contributed by atoms with van der Waals surface area (Å²) in [7, 11) is 0. The van der Waals surface area contributed by atoms with Crippen LogP contribution in [0.1, 0.15) is 32.5 Å². The number of rotatable bonds is 10. The predicted molar refractivity (Wildman–Crippen MR) is 169 cm³/mol. The van der Waals surface area contributed by atoms with Crippen molar-refractivity contribution in [1.29, 1.82) is 0 Å². The zero-order valence-corrected chi connectivity index (χ0v) is 25.0. The van der Waals surface area contributed by atoms with Gasteiger partial charge in [-0.2, -0.15) is 0 Å². The van der Waals surface area contributed by atoms with E-state index in [-0.39, 0.29) is 27.8 Å². The summed E-state index contributed by atoms with van der Waals surface area (Å²) in [5.74, 6) is -1.45. The summed E-state index contributed by atoms with van der Waals surface area (Å²) in [6, 6.07) is 28.3. The van der Waals surface area contributed by atoms with Gasteiger partial charge in [-0.05, 0) is 31.5 Å². The van der Waals surface area contributed by atoms with Crippen LogP contribution in [0.25, 0.3) is 22.5 Å². The highest BCUT2D eigenvalue weighted by Gasteiger charge is 2.27. The molecule has 5 rings (SSSR count). The number of amides is 2. The number of benzene rings is 3. The molecule has 0 spiro atoms. The molecule has 43 heavy (non-hydrogen) atoms. The Bertz CT molecular complexity index is 1750. The Morgan fingerprint density at radius 1 is 0.814 bits per heavy atom. The van der Waals surface area contributed by atoms with E-state index in [0.717, 1.165) is 34.2 Å². The van der Waals surface area contributed by atoms with Crippen LogP contribution in [0.5, 0.6) is 0 Å². The van der Waals surface area contributed by atoms with Crippen LogP contribution in [0.2, 0.25) is 0 Å². The van der Waals surface area contributed by atoms with Crippen LogP contribution in [0.15, 0.2) is 96.2 Å². The molecule has 0 fully saturated rings. The van der Waals surface area contributed by atoms with E-state index in [1.54, 1.807) is 38.1 Å². The van der Waals surface area contributed by atoms with Gasteiger partial charge < -0.3 is 15.4 Å². The van der Waals surface area contributed by atoms with Gasteiger partial charge in [-0.3, -0.25) is 9.59 Å². The summed E-state index contributed by atoms with van der Waals surface area (Å²) in [5.41, 5.74) is 4.25. The lowest BCUT2D eigenvalue weighted by atomic mass is 10.0. The smallest absolute Gasteiger partial charge is 0.348 e. The summed E-state index contributed by atoms with van der Waals surface area (Å²) in [6.07, 6.45) is 0. The van der Waals surface area contributed by atoms with Gasteiger partial charge in [-0.15, -0.1) is 21.5 Å². The Hall–Kier alpha value is -4.87. The number of para-hydroxylation sites is 1. The Morgan fingerprint density at radius 2 is 1.42 bits per heavy atom. The fourth-order valence-electron chi connectivity index (χ4n) is 4.23. The maximum atomic E-state index is 13.3. The van der Waals surface area contributed by atoms with Crippen molar-refractivity contribution in [3.8, 4) is 22.5 Å². The molecule has 2 amide bonds. The van der Waals surface area contributed by atoms with Crippen LogP contribution in [-0.4, -0.2) is 45.3 Å². The highest BCUT2D eigenvalue weighted by molar-refractivity contribution is 7.99. The number of thiophene rings is 1. The first kappa shape index (κ1) is 29.6. The minimum absolute atomic E-state index is 0.0496. The number of aromatic nitrogens is 3. The Morgan fingerprint density at radius 3 is 2.05 bits per heavy atom. The molecule has 0 aliphatic carbocycles. The number of carbonyl (C=O) groups excluding carboxylic acids is 3. The summed E-state index contributed by atoms with van der Waals surface area (Å²) in [5, 5.41) is 14.9. The number of hydrogen-bond acceptors (Lipinski definition) is 9. The SMILES string of the molecule is CCOC(=O)c1sc(NC(=O)CSc2nnc(-c3ccccc3)c(-c3ccccc3)n2)c(C(=O)Nc2ccccc2)c1C. The minimum Gasteiger partial charge on any atom is -0.462 e. The molecule has 0 aliphatic rings. The molecule has 2 aromatic heterocycles. The van der Waals surface area contributed by atoms with E-state index in [1.165, 1.54) is 0 Å². The number of anilines is 2. The van der Waals surface area contributed by atoms with E-state index in [0.29, 0.717) is 27.8 Å². The molecule has 0 radical (unpaired) electrons. The van der Waals surface area contributed by atoms with Crippen molar-refractivity contribution in [2.45, 2.75) is 19.0 Å². The molecule has 0 saturated heterocycles. The van der Waals surface area contributed by atoms with Crippen molar-refractivity contribution in [2.75, 3.05) is 23.0 Å². The first-order chi connectivity index (χ1) is 20.9. The maximum absolute atomic E-state index is 13.3. The third-order valence-corrected chi connectivity index (χ3v) is 8.24. The zero-order valence-electron chi connectivity index (χ0n) is 23.4. The predicted octanol–water partition coefficient (Wildman–Crippen LogP) is 6.74. The van der Waals surface area contributed by atoms with Crippen LogP contribution >= 0.6 is 23.1 Å². The van der Waals surface area contributed by atoms with Gasteiger partial charge in [0.2, 0.25) is 11.1 Å². The standard InChI is InChI=1S/C32H27N5O4S2/c1-3-41-31(40)28-20(2)25(29(39)33-23-17-11-6-12-18-23)30(43-28)34-24(38)19-42-32-35-26(21-13-7-4-8-14-21)27(36-37-32)22-15-9-5-10-16-22/h4-18H,3,19H2,1-2H3,(H,33,39)(H,34,38). The van der Waals surface area contributed by atoms with Gasteiger partial charge in [0, 0.05) is 16.8 Å². The fourth-order valence-corrected chi connectivity index (χ4v) is 5.94. The number of ether oxygens (including phenoxy) is 1. The Labute approximate surface area is 256 Å². The minimum atomic E-state index is -0.556. The molecule has 0 unspecified atom stereocenters. The molecule has 3 aromatic carbocycles. The second-order valence-corrected chi connectivity index (χ2v) is 11.1. The molecule has 11 heteroatoms.